The second-order valence-corrected chi connectivity index (χ2v) is 8.35. The number of likely N-dealkylation sites (tertiary alicyclic amines) is 1. The zero-order valence-corrected chi connectivity index (χ0v) is 19.6. The third-order valence-corrected chi connectivity index (χ3v) is 5.70. The van der Waals surface area contributed by atoms with Gasteiger partial charge < -0.3 is 14.4 Å². The number of anilines is 1. The molecule has 1 aliphatic heterocycles. The largest absolute Gasteiger partial charge is 0.490 e. The Balaban J connectivity index is 1.29. The SMILES string of the molecule is COc1cnc(NC(=O)N2CCC(=Cc3cccc(OC(C)Cc4ccccc4)c3)CC2)cn1. The third kappa shape index (κ3) is 6.57. The van der Waals surface area contributed by atoms with Gasteiger partial charge in [0.25, 0.3) is 0 Å². The van der Waals surface area contributed by atoms with Gasteiger partial charge in [0.05, 0.1) is 25.6 Å². The summed E-state index contributed by atoms with van der Waals surface area (Å²) in [4.78, 5) is 22.5. The first-order chi connectivity index (χ1) is 16.6. The molecular weight excluding hydrogens is 428 g/mol. The first-order valence-electron chi connectivity index (χ1n) is 11.5. The summed E-state index contributed by atoms with van der Waals surface area (Å²) in [6.45, 7) is 3.41. The van der Waals surface area contributed by atoms with E-state index in [-0.39, 0.29) is 12.1 Å². The number of methoxy groups -OCH3 is 1. The molecule has 3 aromatic rings. The van der Waals surface area contributed by atoms with Crippen LogP contribution in [-0.4, -0.2) is 47.2 Å². The summed E-state index contributed by atoms with van der Waals surface area (Å²) in [6.07, 6.45) is 7.79. The molecule has 2 aromatic carbocycles. The number of carbonyl (C=O) groups excluding carboxylic acids is 1. The average molecular weight is 459 g/mol. The van der Waals surface area contributed by atoms with Gasteiger partial charge in [0.1, 0.15) is 5.75 Å². The summed E-state index contributed by atoms with van der Waals surface area (Å²) in [5.41, 5.74) is 3.71. The fourth-order valence-electron chi connectivity index (χ4n) is 3.95. The Kier molecular flexibility index (Phi) is 7.75. The van der Waals surface area contributed by atoms with Crippen LogP contribution in [0.4, 0.5) is 10.6 Å². The number of rotatable bonds is 7. The minimum absolute atomic E-state index is 0.0856. The Morgan fingerprint density at radius 2 is 1.88 bits per heavy atom. The standard InChI is InChI=1S/C27H30N4O3/c1-20(15-21-7-4-3-5-8-21)34-24-10-6-9-23(17-24)16-22-11-13-31(14-12-22)27(32)30-25-18-29-26(33-2)19-28-25/h3-10,16-20H,11-15H2,1-2H3,(H,28,30,32). The first-order valence-corrected chi connectivity index (χ1v) is 11.5. The Morgan fingerprint density at radius 1 is 1.09 bits per heavy atom. The zero-order chi connectivity index (χ0) is 23.8. The molecule has 1 aromatic heterocycles. The number of benzene rings is 2. The topological polar surface area (TPSA) is 76.6 Å². The van der Waals surface area contributed by atoms with Gasteiger partial charge in [-0.3, -0.25) is 5.32 Å². The molecule has 0 radical (unpaired) electrons. The summed E-state index contributed by atoms with van der Waals surface area (Å²) in [5.74, 6) is 1.69. The molecule has 1 unspecified atom stereocenters. The molecule has 2 amide bonds. The minimum Gasteiger partial charge on any atom is -0.490 e. The van der Waals surface area contributed by atoms with Gasteiger partial charge in [-0.15, -0.1) is 0 Å². The fraction of sp³-hybridized carbons (Fsp3) is 0.296. The van der Waals surface area contributed by atoms with E-state index in [1.54, 1.807) is 4.90 Å². The number of urea groups is 1. The van der Waals surface area contributed by atoms with Crippen molar-refractivity contribution in [3.05, 3.63) is 83.7 Å². The number of hydrogen-bond acceptors (Lipinski definition) is 5. The van der Waals surface area contributed by atoms with Crippen molar-refractivity contribution in [2.75, 3.05) is 25.5 Å². The van der Waals surface area contributed by atoms with E-state index >= 15 is 0 Å². The number of hydrogen-bond donors (Lipinski definition) is 1. The quantitative estimate of drug-likeness (QED) is 0.526. The third-order valence-electron chi connectivity index (χ3n) is 5.70. The molecule has 1 atom stereocenters. The van der Waals surface area contributed by atoms with Gasteiger partial charge in [-0.25, -0.2) is 14.8 Å². The molecule has 7 nitrogen and oxygen atoms in total. The van der Waals surface area contributed by atoms with Crippen LogP contribution in [0.3, 0.4) is 0 Å². The van der Waals surface area contributed by atoms with Gasteiger partial charge >= 0.3 is 6.03 Å². The van der Waals surface area contributed by atoms with Crippen LogP contribution >= 0.6 is 0 Å². The van der Waals surface area contributed by atoms with Gasteiger partial charge in [0.2, 0.25) is 5.88 Å². The van der Waals surface area contributed by atoms with Crippen LogP contribution in [0, 0.1) is 0 Å². The number of nitrogens with zero attached hydrogens (tertiary/aromatic N) is 3. The Morgan fingerprint density at radius 3 is 2.59 bits per heavy atom. The number of piperidine rings is 1. The molecule has 1 fully saturated rings. The lowest BCUT2D eigenvalue weighted by atomic mass is 10.0. The normalized spacial score (nSPS) is 14.3. The van der Waals surface area contributed by atoms with Crippen molar-refractivity contribution in [3.8, 4) is 11.6 Å². The molecule has 176 valence electrons. The maximum absolute atomic E-state index is 12.5. The molecule has 1 saturated heterocycles. The van der Waals surface area contributed by atoms with Crippen molar-refractivity contribution >= 4 is 17.9 Å². The lowest BCUT2D eigenvalue weighted by Crippen LogP contribution is -2.39. The highest BCUT2D eigenvalue weighted by Crippen LogP contribution is 2.23. The Labute approximate surface area is 200 Å². The molecule has 7 heteroatoms. The van der Waals surface area contributed by atoms with Crippen molar-refractivity contribution in [3.63, 3.8) is 0 Å². The van der Waals surface area contributed by atoms with Crippen LogP contribution in [0.15, 0.2) is 72.6 Å². The first kappa shape index (κ1) is 23.3. The minimum atomic E-state index is -0.165. The number of carbonyl (C=O) groups is 1. The Hall–Kier alpha value is -3.87. The molecule has 0 spiro atoms. The predicted molar refractivity (Wildman–Crippen MR) is 133 cm³/mol. The van der Waals surface area contributed by atoms with E-state index in [4.69, 9.17) is 9.47 Å². The van der Waals surface area contributed by atoms with E-state index in [2.05, 4.69) is 64.7 Å². The van der Waals surface area contributed by atoms with Crippen molar-refractivity contribution in [1.82, 2.24) is 14.9 Å². The summed E-state index contributed by atoms with van der Waals surface area (Å²) < 4.78 is 11.1. The molecule has 4 rings (SSSR count). The highest BCUT2D eigenvalue weighted by molar-refractivity contribution is 5.88. The monoisotopic (exact) mass is 458 g/mol. The average Bonchev–Trinajstić information content (AvgIpc) is 2.86. The van der Waals surface area contributed by atoms with Gasteiger partial charge in [-0.05, 0) is 43.0 Å². The summed E-state index contributed by atoms with van der Waals surface area (Å²) in [5, 5.41) is 2.79. The number of amides is 2. The highest BCUT2D eigenvalue weighted by Gasteiger charge is 2.19. The van der Waals surface area contributed by atoms with E-state index in [1.165, 1.54) is 30.6 Å². The summed E-state index contributed by atoms with van der Waals surface area (Å²) in [7, 11) is 1.52. The second kappa shape index (κ2) is 11.3. The van der Waals surface area contributed by atoms with Gasteiger partial charge in [-0.2, -0.15) is 0 Å². The van der Waals surface area contributed by atoms with Crippen LogP contribution < -0.4 is 14.8 Å². The van der Waals surface area contributed by atoms with Gasteiger partial charge in [0.15, 0.2) is 5.82 Å². The van der Waals surface area contributed by atoms with Crippen molar-refractivity contribution in [1.29, 1.82) is 0 Å². The van der Waals surface area contributed by atoms with E-state index in [1.807, 2.05) is 18.2 Å². The molecule has 0 bridgehead atoms. The lowest BCUT2D eigenvalue weighted by Gasteiger charge is -2.28. The predicted octanol–water partition coefficient (Wildman–Crippen LogP) is 5.21. The number of aromatic nitrogens is 2. The summed E-state index contributed by atoms with van der Waals surface area (Å²) in [6, 6.07) is 18.4. The zero-order valence-electron chi connectivity index (χ0n) is 19.6. The molecule has 34 heavy (non-hydrogen) atoms. The maximum atomic E-state index is 12.5. The molecule has 1 aliphatic rings. The highest BCUT2D eigenvalue weighted by atomic mass is 16.5. The Bertz CT molecular complexity index is 1110. The van der Waals surface area contributed by atoms with Crippen molar-refractivity contribution in [2.24, 2.45) is 0 Å². The second-order valence-electron chi connectivity index (χ2n) is 8.35. The van der Waals surface area contributed by atoms with Gasteiger partial charge in [0, 0.05) is 19.5 Å². The van der Waals surface area contributed by atoms with Crippen LogP contribution in [0.25, 0.3) is 6.08 Å². The van der Waals surface area contributed by atoms with Crippen molar-refractivity contribution < 1.29 is 14.3 Å². The smallest absolute Gasteiger partial charge is 0.323 e. The van der Waals surface area contributed by atoms with E-state index in [9.17, 15) is 4.79 Å². The summed E-state index contributed by atoms with van der Waals surface area (Å²) >= 11 is 0. The number of ether oxygens (including phenoxy) is 2. The maximum Gasteiger partial charge on any atom is 0.323 e. The molecule has 0 saturated carbocycles. The fourth-order valence-corrected chi connectivity index (χ4v) is 3.95. The van der Waals surface area contributed by atoms with Crippen molar-refractivity contribution in [2.45, 2.75) is 32.3 Å². The molecule has 2 heterocycles. The van der Waals surface area contributed by atoms with Crippen LogP contribution in [0.2, 0.25) is 0 Å². The molecule has 0 aliphatic carbocycles. The van der Waals surface area contributed by atoms with Crippen LogP contribution in [0.1, 0.15) is 30.9 Å². The number of nitrogens with one attached hydrogen (secondary N) is 1. The molecular formula is C27H30N4O3. The molecule has 1 N–H and O–H groups in total. The lowest BCUT2D eigenvalue weighted by molar-refractivity contribution is 0.207. The van der Waals surface area contributed by atoms with E-state index in [0.717, 1.165) is 30.6 Å². The van der Waals surface area contributed by atoms with Gasteiger partial charge in [-0.1, -0.05) is 54.1 Å². The van der Waals surface area contributed by atoms with Crippen LogP contribution in [0.5, 0.6) is 11.6 Å². The van der Waals surface area contributed by atoms with E-state index in [0.29, 0.717) is 24.8 Å². The van der Waals surface area contributed by atoms with Crippen LogP contribution in [-0.2, 0) is 6.42 Å². The van der Waals surface area contributed by atoms with E-state index < -0.39 is 0 Å².